The quantitative estimate of drug-likeness (QED) is 0.338. The van der Waals surface area contributed by atoms with E-state index >= 15 is 0 Å². The smallest absolute Gasteiger partial charge is 0.324 e. The molecule has 0 amide bonds. The average molecular weight is 447 g/mol. The van der Waals surface area contributed by atoms with Crippen molar-refractivity contribution in [3.8, 4) is 17.2 Å². The van der Waals surface area contributed by atoms with Crippen molar-refractivity contribution in [1.82, 2.24) is 0 Å². The molecule has 0 aliphatic carbocycles. The van der Waals surface area contributed by atoms with Gasteiger partial charge < -0.3 is 18.9 Å². The van der Waals surface area contributed by atoms with Gasteiger partial charge in [-0.2, -0.15) is 0 Å². The fourth-order valence-electron chi connectivity index (χ4n) is 3.38. The predicted molar refractivity (Wildman–Crippen MR) is 117 cm³/mol. The van der Waals surface area contributed by atoms with Crippen LogP contribution in [0.5, 0.6) is 17.2 Å². The number of esters is 2. The second kappa shape index (κ2) is 10.1. The van der Waals surface area contributed by atoms with Crippen LogP contribution in [-0.2, 0) is 27.2 Å². The predicted octanol–water partition coefficient (Wildman–Crippen LogP) is 4.49. The minimum absolute atomic E-state index is 0.313. The SMILES string of the molecule is CCOC(=O)C(Cl)Cc1ccc(OCC2(C)CCc3cc(OC(C)=O)ccc3O2)cc1. The number of rotatable bonds is 8. The Morgan fingerprint density at radius 1 is 1.16 bits per heavy atom. The minimum Gasteiger partial charge on any atom is -0.489 e. The molecule has 0 bridgehead atoms. The van der Waals surface area contributed by atoms with E-state index in [9.17, 15) is 9.59 Å². The van der Waals surface area contributed by atoms with Gasteiger partial charge in [-0.3, -0.25) is 9.59 Å². The molecule has 166 valence electrons. The summed E-state index contributed by atoms with van der Waals surface area (Å²) in [5.41, 5.74) is 1.47. The highest BCUT2D eigenvalue weighted by Gasteiger charge is 2.33. The fraction of sp³-hybridized carbons (Fsp3) is 0.417. The maximum Gasteiger partial charge on any atom is 0.324 e. The van der Waals surface area contributed by atoms with Crippen LogP contribution in [0.4, 0.5) is 0 Å². The molecule has 6 nitrogen and oxygen atoms in total. The number of hydrogen-bond acceptors (Lipinski definition) is 6. The van der Waals surface area contributed by atoms with Crippen molar-refractivity contribution in [2.45, 2.75) is 51.0 Å². The van der Waals surface area contributed by atoms with Crippen molar-refractivity contribution in [2.75, 3.05) is 13.2 Å². The third-order valence-electron chi connectivity index (χ3n) is 5.00. The molecule has 0 aromatic heterocycles. The van der Waals surface area contributed by atoms with Crippen molar-refractivity contribution in [3.05, 3.63) is 53.6 Å². The lowest BCUT2D eigenvalue weighted by Gasteiger charge is -2.35. The molecule has 1 aliphatic rings. The van der Waals surface area contributed by atoms with Crippen LogP contribution in [0.2, 0.25) is 0 Å². The Bertz CT molecular complexity index is 926. The molecular weight excluding hydrogens is 420 g/mol. The van der Waals surface area contributed by atoms with Crippen molar-refractivity contribution in [2.24, 2.45) is 0 Å². The molecule has 2 atom stereocenters. The summed E-state index contributed by atoms with van der Waals surface area (Å²) in [6, 6.07) is 12.9. The molecule has 0 fully saturated rings. The molecule has 7 heteroatoms. The van der Waals surface area contributed by atoms with Gasteiger partial charge in [0.15, 0.2) is 0 Å². The van der Waals surface area contributed by atoms with E-state index in [-0.39, 0.29) is 5.97 Å². The second-order valence-electron chi connectivity index (χ2n) is 7.77. The van der Waals surface area contributed by atoms with E-state index in [0.29, 0.717) is 31.1 Å². The van der Waals surface area contributed by atoms with E-state index < -0.39 is 16.9 Å². The van der Waals surface area contributed by atoms with E-state index in [2.05, 4.69) is 0 Å². The summed E-state index contributed by atoms with van der Waals surface area (Å²) in [7, 11) is 0. The first-order valence-corrected chi connectivity index (χ1v) is 10.7. The summed E-state index contributed by atoms with van der Waals surface area (Å²) in [5, 5.41) is -0.706. The summed E-state index contributed by atoms with van der Waals surface area (Å²) in [6.07, 6.45) is 1.97. The number of benzene rings is 2. The highest BCUT2D eigenvalue weighted by Crippen LogP contribution is 2.36. The van der Waals surface area contributed by atoms with E-state index in [1.165, 1.54) is 6.92 Å². The zero-order chi connectivity index (χ0) is 22.4. The van der Waals surface area contributed by atoms with Crippen LogP contribution < -0.4 is 14.2 Å². The maximum absolute atomic E-state index is 11.7. The Labute approximate surface area is 187 Å². The third-order valence-corrected chi connectivity index (χ3v) is 5.33. The molecule has 2 aromatic carbocycles. The van der Waals surface area contributed by atoms with Crippen molar-refractivity contribution >= 4 is 23.5 Å². The molecule has 2 unspecified atom stereocenters. The number of alkyl halides is 1. The van der Waals surface area contributed by atoms with Gasteiger partial charge in [0, 0.05) is 6.92 Å². The maximum atomic E-state index is 11.7. The summed E-state index contributed by atoms with van der Waals surface area (Å²) in [5.74, 6) is 1.26. The number of fused-ring (bicyclic) bond motifs is 1. The lowest BCUT2D eigenvalue weighted by atomic mass is 9.93. The Morgan fingerprint density at radius 3 is 2.55 bits per heavy atom. The van der Waals surface area contributed by atoms with Gasteiger partial charge in [-0.15, -0.1) is 11.6 Å². The first-order valence-electron chi connectivity index (χ1n) is 10.3. The monoisotopic (exact) mass is 446 g/mol. The lowest BCUT2D eigenvalue weighted by Crippen LogP contribution is -2.42. The molecule has 1 aliphatic heterocycles. The van der Waals surface area contributed by atoms with Gasteiger partial charge in [0.05, 0.1) is 6.61 Å². The van der Waals surface area contributed by atoms with Crippen LogP contribution in [0.3, 0.4) is 0 Å². The van der Waals surface area contributed by atoms with Crippen molar-refractivity contribution in [3.63, 3.8) is 0 Å². The number of halogens is 1. The van der Waals surface area contributed by atoms with Gasteiger partial charge in [0.2, 0.25) is 0 Å². The molecule has 1 heterocycles. The molecule has 31 heavy (non-hydrogen) atoms. The van der Waals surface area contributed by atoms with Gasteiger partial charge >= 0.3 is 11.9 Å². The lowest BCUT2D eigenvalue weighted by molar-refractivity contribution is -0.142. The highest BCUT2D eigenvalue weighted by atomic mass is 35.5. The van der Waals surface area contributed by atoms with Crippen LogP contribution in [0.1, 0.15) is 38.3 Å². The first kappa shape index (κ1) is 22.9. The van der Waals surface area contributed by atoms with Crippen LogP contribution in [0.25, 0.3) is 0 Å². The molecule has 0 spiro atoms. The van der Waals surface area contributed by atoms with Gasteiger partial charge in [-0.25, -0.2) is 0 Å². The van der Waals surface area contributed by atoms with Crippen LogP contribution in [0, 0.1) is 0 Å². The molecule has 0 N–H and O–H groups in total. The van der Waals surface area contributed by atoms with Crippen LogP contribution in [-0.4, -0.2) is 36.1 Å². The number of aryl methyl sites for hydroxylation is 1. The zero-order valence-corrected chi connectivity index (χ0v) is 18.7. The number of carbonyl (C=O) groups is 2. The Morgan fingerprint density at radius 2 is 1.87 bits per heavy atom. The minimum atomic E-state index is -0.706. The molecular formula is C24H27ClO6. The topological polar surface area (TPSA) is 71.1 Å². The summed E-state index contributed by atoms with van der Waals surface area (Å²) >= 11 is 6.09. The fourth-order valence-corrected chi connectivity index (χ4v) is 3.62. The average Bonchev–Trinajstić information content (AvgIpc) is 2.73. The summed E-state index contributed by atoms with van der Waals surface area (Å²) in [6.45, 7) is 5.85. The van der Waals surface area contributed by atoms with Crippen LogP contribution in [0.15, 0.2) is 42.5 Å². The second-order valence-corrected chi connectivity index (χ2v) is 8.30. The van der Waals surface area contributed by atoms with Gasteiger partial charge in [0.25, 0.3) is 0 Å². The van der Waals surface area contributed by atoms with Crippen LogP contribution >= 0.6 is 11.6 Å². The van der Waals surface area contributed by atoms with Gasteiger partial charge in [-0.1, -0.05) is 12.1 Å². The third kappa shape index (κ3) is 6.37. The molecule has 3 rings (SSSR count). The molecule has 0 saturated heterocycles. The number of hydrogen-bond donors (Lipinski definition) is 0. The summed E-state index contributed by atoms with van der Waals surface area (Å²) < 4.78 is 22.2. The van der Waals surface area contributed by atoms with E-state index in [1.807, 2.05) is 43.3 Å². The zero-order valence-electron chi connectivity index (χ0n) is 18.0. The van der Waals surface area contributed by atoms with E-state index in [1.54, 1.807) is 13.0 Å². The normalized spacial score (nSPS) is 18.3. The molecule has 2 aromatic rings. The van der Waals surface area contributed by atoms with E-state index in [0.717, 1.165) is 29.7 Å². The van der Waals surface area contributed by atoms with Crippen molar-refractivity contribution in [1.29, 1.82) is 0 Å². The Balaban J connectivity index is 1.55. The highest BCUT2D eigenvalue weighted by molar-refractivity contribution is 6.30. The Kier molecular flexibility index (Phi) is 7.44. The molecule has 0 saturated carbocycles. The van der Waals surface area contributed by atoms with E-state index in [4.69, 9.17) is 30.5 Å². The van der Waals surface area contributed by atoms with Gasteiger partial charge in [-0.05, 0) is 74.6 Å². The summed E-state index contributed by atoms with van der Waals surface area (Å²) in [4.78, 5) is 22.8. The first-order chi connectivity index (χ1) is 14.8. The molecule has 0 radical (unpaired) electrons. The Hall–Kier alpha value is -2.73. The van der Waals surface area contributed by atoms with Gasteiger partial charge in [0.1, 0.15) is 34.8 Å². The van der Waals surface area contributed by atoms with Crippen molar-refractivity contribution < 1.29 is 28.5 Å². The standard InChI is InChI=1S/C24H27ClO6/c1-4-28-23(27)21(25)13-17-5-7-19(8-6-17)29-15-24(3)12-11-18-14-20(30-16(2)26)9-10-22(18)31-24/h5-10,14,21H,4,11-13,15H2,1-3H3. The number of carbonyl (C=O) groups excluding carboxylic acids is 2. The number of ether oxygens (including phenoxy) is 4. The largest absolute Gasteiger partial charge is 0.489 e.